The number of carboxylic acid groups (broad SMARTS) is 1. The maximum Gasteiger partial charge on any atom is 0.309 e. The number of imidazole rings is 1. The molecule has 19 heavy (non-hydrogen) atoms. The molecule has 0 spiro atoms. The van der Waals surface area contributed by atoms with Crippen LogP contribution < -0.4 is 0 Å². The Hall–Kier alpha value is -2.32. The molecule has 5 nitrogen and oxygen atoms in total. The van der Waals surface area contributed by atoms with Crippen molar-refractivity contribution in [3.8, 4) is 6.07 Å². The van der Waals surface area contributed by atoms with Gasteiger partial charge in [0.2, 0.25) is 0 Å². The molecule has 6 heteroatoms. The van der Waals surface area contributed by atoms with Crippen molar-refractivity contribution in [3.63, 3.8) is 0 Å². The second-order valence-corrected chi connectivity index (χ2v) is 3.84. The Balaban J connectivity index is 0.00000180. The number of halogens is 1. The van der Waals surface area contributed by atoms with Crippen molar-refractivity contribution in [1.29, 1.82) is 5.26 Å². The van der Waals surface area contributed by atoms with E-state index in [1.165, 1.54) is 6.20 Å². The second-order valence-electron chi connectivity index (χ2n) is 3.84. The highest BCUT2D eigenvalue weighted by molar-refractivity contribution is 5.85. The fraction of sp³-hybridized carbons (Fsp3) is 0.154. The van der Waals surface area contributed by atoms with E-state index in [1.807, 2.05) is 30.3 Å². The van der Waals surface area contributed by atoms with Crippen LogP contribution in [0.25, 0.3) is 0 Å². The van der Waals surface area contributed by atoms with Crippen LogP contribution in [0.2, 0.25) is 0 Å². The monoisotopic (exact) mass is 277 g/mol. The number of nitrogens with zero attached hydrogens (tertiary/aromatic N) is 2. The summed E-state index contributed by atoms with van der Waals surface area (Å²) in [5, 5.41) is 17.9. The molecule has 2 rings (SSSR count). The van der Waals surface area contributed by atoms with E-state index < -0.39 is 11.9 Å². The molecule has 0 radical (unpaired) electrons. The quantitative estimate of drug-likeness (QED) is 0.895. The summed E-state index contributed by atoms with van der Waals surface area (Å²) in [6.07, 6.45) is 1.33. The van der Waals surface area contributed by atoms with Gasteiger partial charge in [-0.1, -0.05) is 30.3 Å². The highest BCUT2D eigenvalue weighted by atomic mass is 35.5. The van der Waals surface area contributed by atoms with Gasteiger partial charge in [0.25, 0.3) is 0 Å². The van der Waals surface area contributed by atoms with Gasteiger partial charge in [-0.3, -0.25) is 4.79 Å². The lowest BCUT2D eigenvalue weighted by atomic mass is 10.0. The third-order valence-corrected chi connectivity index (χ3v) is 2.53. The SMILES string of the molecule is Cl.N#CC(c1ccccc1)c1ncc(CC(=O)O)[nH]1. The van der Waals surface area contributed by atoms with Gasteiger partial charge in [-0.05, 0) is 5.56 Å². The van der Waals surface area contributed by atoms with Crippen molar-refractivity contribution in [1.82, 2.24) is 9.97 Å². The van der Waals surface area contributed by atoms with E-state index in [1.54, 1.807) is 0 Å². The molecule has 0 saturated carbocycles. The number of nitriles is 1. The number of nitrogens with one attached hydrogen (secondary N) is 1. The number of carboxylic acids is 1. The van der Waals surface area contributed by atoms with Gasteiger partial charge < -0.3 is 10.1 Å². The predicted octanol–water partition coefficient (Wildman–Crippen LogP) is 2.11. The summed E-state index contributed by atoms with van der Waals surface area (Å²) in [5.74, 6) is -0.966. The maximum absolute atomic E-state index is 10.6. The van der Waals surface area contributed by atoms with Gasteiger partial charge in [-0.15, -0.1) is 12.4 Å². The van der Waals surface area contributed by atoms with Crippen LogP contribution in [0.1, 0.15) is 23.0 Å². The van der Waals surface area contributed by atoms with E-state index in [2.05, 4.69) is 16.0 Å². The van der Waals surface area contributed by atoms with Crippen molar-refractivity contribution < 1.29 is 9.90 Å². The minimum Gasteiger partial charge on any atom is -0.481 e. The van der Waals surface area contributed by atoms with Crippen LogP contribution in [-0.2, 0) is 11.2 Å². The first-order valence-electron chi connectivity index (χ1n) is 5.41. The lowest BCUT2D eigenvalue weighted by Crippen LogP contribution is -2.03. The lowest BCUT2D eigenvalue weighted by molar-refractivity contribution is -0.136. The molecule has 0 amide bonds. The van der Waals surface area contributed by atoms with Crippen LogP contribution in [0.3, 0.4) is 0 Å². The largest absolute Gasteiger partial charge is 0.481 e. The fourth-order valence-corrected chi connectivity index (χ4v) is 1.72. The number of H-pyrrole nitrogens is 1. The summed E-state index contributed by atoms with van der Waals surface area (Å²) in [4.78, 5) is 17.5. The van der Waals surface area contributed by atoms with E-state index >= 15 is 0 Å². The Labute approximate surface area is 116 Å². The van der Waals surface area contributed by atoms with Gasteiger partial charge in [0, 0.05) is 11.9 Å². The molecule has 0 bridgehead atoms. The summed E-state index contributed by atoms with van der Waals surface area (Å²) >= 11 is 0. The average Bonchev–Trinajstić information content (AvgIpc) is 2.79. The third-order valence-electron chi connectivity index (χ3n) is 2.53. The molecule has 2 aromatic rings. The Morgan fingerprint density at radius 2 is 2.11 bits per heavy atom. The smallest absolute Gasteiger partial charge is 0.309 e. The number of hydrogen-bond acceptors (Lipinski definition) is 3. The molecular weight excluding hydrogens is 266 g/mol. The summed E-state index contributed by atoms with van der Waals surface area (Å²) in [5.41, 5.74) is 1.32. The summed E-state index contributed by atoms with van der Waals surface area (Å²) < 4.78 is 0. The van der Waals surface area contributed by atoms with E-state index in [0.29, 0.717) is 11.5 Å². The van der Waals surface area contributed by atoms with Crippen LogP contribution >= 0.6 is 12.4 Å². The van der Waals surface area contributed by atoms with Gasteiger partial charge >= 0.3 is 5.97 Å². The Morgan fingerprint density at radius 3 is 2.68 bits per heavy atom. The number of carbonyl (C=O) groups is 1. The van der Waals surface area contributed by atoms with Crippen molar-refractivity contribution in [3.05, 3.63) is 53.6 Å². The van der Waals surface area contributed by atoms with Crippen molar-refractivity contribution in [2.24, 2.45) is 0 Å². The molecule has 1 atom stereocenters. The third kappa shape index (κ3) is 3.57. The normalized spacial score (nSPS) is 11.1. The number of aromatic nitrogens is 2. The zero-order valence-corrected chi connectivity index (χ0v) is 10.7. The Bertz CT molecular complexity index is 589. The van der Waals surface area contributed by atoms with Crippen LogP contribution in [0.5, 0.6) is 0 Å². The standard InChI is InChI=1S/C13H11N3O2.ClH/c14-7-11(9-4-2-1-3-5-9)13-15-8-10(16-13)6-12(17)18;/h1-5,8,11H,6H2,(H,15,16)(H,17,18);1H. The first-order chi connectivity index (χ1) is 8.70. The number of rotatable bonds is 4. The fourth-order valence-electron chi connectivity index (χ4n) is 1.72. The van der Waals surface area contributed by atoms with Crippen molar-refractivity contribution in [2.45, 2.75) is 12.3 Å². The van der Waals surface area contributed by atoms with E-state index in [-0.39, 0.29) is 18.8 Å². The topological polar surface area (TPSA) is 89.8 Å². The molecule has 1 aromatic heterocycles. The molecule has 98 valence electrons. The first-order valence-corrected chi connectivity index (χ1v) is 5.41. The van der Waals surface area contributed by atoms with Crippen molar-refractivity contribution >= 4 is 18.4 Å². The van der Waals surface area contributed by atoms with Crippen LogP contribution in [0.4, 0.5) is 0 Å². The van der Waals surface area contributed by atoms with Crippen molar-refractivity contribution in [2.75, 3.05) is 0 Å². The molecule has 1 heterocycles. The van der Waals surface area contributed by atoms with Gasteiger partial charge in [-0.2, -0.15) is 5.26 Å². The maximum atomic E-state index is 10.6. The average molecular weight is 278 g/mol. The van der Waals surface area contributed by atoms with Crippen LogP contribution in [-0.4, -0.2) is 21.0 Å². The minimum atomic E-state index is -0.932. The highest BCUT2D eigenvalue weighted by Crippen LogP contribution is 2.21. The van der Waals surface area contributed by atoms with Crippen LogP contribution in [0.15, 0.2) is 36.5 Å². The highest BCUT2D eigenvalue weighted by Gasteiger charge is 2.17. The van der Waals surface area contributed by atoms with E-state index in [0.717, 1.165) is 5.56 Å². The molecule has 0 aliphatic heterocycles. The minimum absolute atomic E-state index is 0. The lowest BCUT2D eigenvalue weighted by Gasteiger charge is -2.05. The number of aromatic amines is 1. The first kappa shape index (κ1) is 14.7. The van der Waals surface area contributed by atoms with Gasteiger partial charge in [-0.25, -0.2) is 4.98 Å². The molecule has 1 unspecified atom stereocenters. The van der Waals surface area contributed by atoms with Gasteiger partial charge in [0.05, 0.1) is 12.5 Å². The molecular formula is C13H12ClN3O2. The van der Waals surface area contributed by atoms with Gasteiger partial charge in [0.15, 0.2) is 0 Å². The Morgan fingerprint density at radius 1 is 1.42 bits per heavy atom. The molecule has 0 saturated heterocycles. The molecule has 2 N–H and O–H groups in total. The summed E-state index contributed by atoms with van der Waals surface area (Å²) in [6, 6.07) is 11.4. The molecule has 0 fully saturated rings. The number of aliphatic carboxylic acids is 1. The molecule has 0 aliphatic carbocycles. The molecule has 0 aliphatic rings. The zero-order chi connectivity index (χ0) is 13.0. The van der Waals surface area contributed by atoms with E-state index in [4.69, 9.17) is 5.11 Å². The molecule has 1 aromatic carbocycles. The van der Waals surface area contributed by atoms with E-state index in [9.17, 15) is 10.1 Å². The number of hydrogen-bond donors (Lipinski definition) is 2. The summed E-state index contributed by atoms with van der Waals surface area (Å²) in [6.45, 7) is 0. The summed E-state index contributed by atoms with van der Waals surface area (Å²) in [7, 11) is 0. The predicted molar refractivity (Wildman–Crippen MR) is 71.1 cm³/mol. The second kappa shape index (κ2) is 6.57. The zero-order valence-electron chi connectivity index (χ0n) is 9.91. The van der Waals surface area contributed by atoms with Crippen LogP contribution in [0, 0.1) is 11.3 Å². The Kier molecular flexibility index (Phi) is 5.10. The van der Waals surface area contributed by atoms with Gasteiger partial charge in [0.1, 0.15) is 11.7 Å². The number of benzene rings is 1.